The summed E-state index contributed by atoms with van der Waals surface area (Å²) in [5, 5.41) is 0.165. The molecule has 4 rings (SSSR count). The standard InChI is InChI=1S/C18H15F3N6O4/c1-25-14-12(15(28)26(2)17(25)29)22-7-27(14)13-8-5-10(30-3)11(31-4)6-9(8)23-16(24-13)18(19,20)21/h5-7H,1-4H3. The molecule has 162 valence electrons. The molecule has 0 bridgehead atoms. The highest BCUT2D eigenvalue weighted by molar-refractivity contribution is 5.90. The summed E-state index contributed by atoms with van der Waals surface area (Å²) in [5.41, 5.74) is -1.56. The zero-order valence-corrected chi connectivity index (χ0v) is 16.7. The van der Waals surface area contributed by atoms with Crippen LogP contribution in [0.15, 0.2) is 28.0 Å². The molecule has 1 aromatic carbocycles. The summed E-state index contributed by atoms with van der Waals surface area (Å²) in [6.07, 6.45) is -3.72. The van der Waals surface area contributed by atoms with Crippen LogP contribution in [0.5, 0.6) is 11.5 Å². The van der Waals surface area contributed by atoms with Gasteiger partial charge >= 0.3 is 11.9 Å². The number of alkyl halides is 3. The first-order valence-corrected chi connectivity index (χ1v) is 8.73. The van der Waals surface area contributed by atoms with Gasteiger partial charge in [-0.05, 0) is 6.07 Å². The van der Waals surface area contributed by atoms with Gasteiger partial charge in [-0.25, -0.2) is 19.7 Å². The number of halogens is 3. The van der Waals surface area contributed by atoms with Crippen molar-refractivity contribution in [3.05, 3.63) is 45.1 Å². The lowest BCUT2D eigenvalue weighted by molar-refractivity contribution is -0.144. The third-order valence-corrected chi connectivity index (χ3v) is 4.80. The highest BCUT2D eigenvalue weighted by Crippen LogP contribution is 2.36. The molecular formula is C18H15F3N6O4. The smallest absolute Gasteiger partial charge is 0.451 e. The highest BCUT2D eigenvalue weighted by Gasteiger charge is 2.36. The van der Waals surface area contributed by atoms with Crippen LogP contribution in [0.1, 0.15) is 5.82 Å². The second kappa shape index (κ2) is 6.82. The van der Waals surface area contributed by atoms with Gasteiger partial charge in [-0.15, -0.1) is 0 Å². The predicted octanol–water partition coefficient (Wildman–Crippen LogP) is 1.40. The van der Waals surface area contributed by atoms with Crippen LogP contribution in [0.3, 0.4) is 0 Å². The largest absolute Gasteiger partial charge is 0.493 e. The van der Waals surface area contributed by atoms with Crippen molar-refractivity contribution >= 4 is 22.1 Å². The summed E-state index contributed by atoms with van der Waals surface area (Å²) in [6, 6.07) is 2.69. The fourth-order valence-corrected chi connectivity index (χ4v) is 3.28. The van der Waals surface area contributed by atoms with Crippen LogP contribution in [0.2, 0.25) is 0 Å². The Morgan fingerprint density at radius 1 is 0.968 bits per heavy atom. The lowest BCUT2D eigenvalue weighted by Gasteiger charge is -2.15. The molecule has 3 heterocycles. The minimum Gasteiger partial charge on any atom is -0.493 e. The SMILES string of the molecule is COc1cc2nc(C(F)(F)F)nc(-n3cnc4c(=O)n(C)c(=O)n(C)c43)c2cc1OC. The van der Waals surface area contributed by atoms with Crippen molar-refractivity contribution in [2.24, 2.45) is 14.1 Å². The number of benzene rings is 1. The van der Waals surface area contributed by atoms with Crippen LogP contribution in [-0.4, -0.2) is 42.9 Å². The summed E-state index contributed by atoms with van der Waals surface area (Å²) >= 11 is 0. The molecule has 0 N–H and O–H groups in total. The second-order valence-corrected chi connectivity index (χ2v) is 6.59. The number of nitrogens with zero attached hydrogens (tertiary/aromatic N) is 6. The van der Waals surface area contributed by atoms with Crippen LogP contribution in [0, 0.1) is 0 Å². The van der Waals surface area contributed by atoms with E-state index in [1.54, 1.807) is 0 Å². The van der Waals surface area contributed by atoms with E-state index in [1.165, 1.54) is 40.4 Å². The molecule has 10 nitrogen and oxygen atoms in total. The first-order chi connectivity index (χ1) is 14.6. The molecule has 0 aliphatic rings. The average Bonchev–Trinajstić information content (AvgIpc) is 3.18. The molecule has 0 aliphatic carbocycles. The number of imidazole rings is 1. The minimum absolute atomic E-state index is 0.0176. The topological polar surface area (TPSA) is 106 Å². The molecule has 0 spiro atoms. The van der Waals surface area contributed by atoms with Crippen LogP contribution < -0.4 is 20.7 Å². The van der Waals surface area contributed by atoms with Gasteiger partial charge < -0.3 is 9.47 Å². The number of methoxy groups -OCH3 is 2. The second-order valence-electron chi connectivity index (χ2n) is 6.59. The van der Waals surface area contributed by atoms with Crippen LogP contribution in [0.25, 0.3) is 27.9 Å². The van der Waals surface area contributed by atoms with Crippen LogP contribution in [0.4, 0.5) is 13.2 Å². The molecule has 3 aromatic heterocycles. The molecule has 13 heteroatoms. The fourth-order valence-electron chi connectivity index (χ4n) is 3.28. The summed E-state index contributed by atoms with van der Waals surface area (Å²) in [5.74, 6) is -1.24. The quantitative estimate of drug-likeness (QED) is 0.478. The van der Waals surface area contributed by atoms with Gasteiger partial charge in [0, 0.05) is 25.5 Å². The van der Waals surface area contributed by atoms with Crippen molar-refractivity contribution in [1.29, 1.82) is 0 Å². The Morgan fingerprint density at radius 2 is 1.61 bits per heavy atom. The van der Waals surface area contributed by atoms with E-state index in [1.807, 2.05) is 0 Å². The van der Waals surface area contributed by atoms with Gasteiger partial charge in [0.25, 0.3) is 5.56 Å². The summed E-state index contributed by atoms with van der Waals surface area (Å²) in [4.78, 5) is 36.1. The lowest BCUT2D eigenvalue weighted by Crippen LogP contribution is -2.37. The van der Waals surface area contributed by atoms with E-state index in [0.29, 0.717) is 0 Å². The maximum Gasteiger partial charge on any atom is 0.451 e. The maximum atomic E-state index is 13.5. The van der Waals surface area contributed by atoms with Gasteiger partial charge in [-0.3, -0.25) is 18.5 Å². The van der Waals surface area contributed by atoms with E-state index < -0.39 is 23.2 Å². The molecular weight excluding hydrogens is 421 g/mol. The van der Waals surface area contributed by atoms with Crippen molar-refractivity contribution in [3.8, 4) is 17.3 Å². The van der Waals surface area contributed by atoms with E-state index in [4.69, 9.17) is 9.47 Å². The molecule has 0 saturated heterocycles. The third kappa shape index (κ3) is 3.00. The number of aromatic nitrogens is 6. The number of fused-ring (bicyclic) bond motifs is 2. The first-order valence-electron chi connectivity index (χ1n) is 8.73. The third-order valence-electron chi connectivity index (χ3n) is 4.80. The summed E-state index contributed by atoms with van der Waals surface area (Å²) in [6.45, 7) is 0. The van der Waals surface area contributed by atoms with Gasteiger partial charge in [0.05, 0.1) is 19.7 Å². The number of ether oxygens (including phenoxy) is 2. The number of hydrogen-bond donors (Lipinski definition) is 0. The van der Waals surface area contributed by atoms with Crippen LogP contribution >= 0.6 is 0 Å². The summed E-state index contributed by atoms with van der Waals surface area (Å²) in [7, 11) is 5.36. The zero-order valence-electron chi connectivity index (χ0n) is 16.7. The van der Waals surface area contributed by atoms with Crippen molar-refractivity contribution in [1.82, 2.24) is 28.7 Å². The Labute approximate surface area is 171 Å². The Kier molecular flexibility index (Phi) is 4.48. The van der Waals surface area contributed by atoms with Crippen molar-refractivity contribution < 1.29 is 22.6 Å². The Hall–Kier alpha value is -3.90. The van der Waals surface area contributed by atoms with Crippen molar-refractivity contribution in [2.75, 3.05) is 14.2 Å². The molecule has 0 saturated carbocycles. The molecule has 0 atom stereocenters. The maximum absolute atomic E-state index is 13.5. The monoisotopic (exact) mass is 436 g/mol. The van der Waals surface area contributed by atoms with Gasteiger partial charge in [0.2, 0.25) is 5.82 Å². The Morgan fingerprint density at radius 3 is 2.23 bits per heavy atom. The molecule has 0 aliphatic heterocycles. The zero-order chi connectivity index (χ0) is 22.7. The van der Waals surface area contributed by atoms with E-state index in [9.17, 15) is 22.8 Å². The molecule has 4 aromatic rings. The predicted molar refractivity (Wildman–Crippen MR) is 103 cm³/mol. The summed E-state index contributed by atoms with van der Waals surface area (Å²) < 4.78 is 54.1. The van der Waals surface area contributed by atoms with Gasteiger partial charge in [0.15, 0.2) is 28.5 Å². The molecule has 31 heavy (non-hydrogen) atoms. The molecule has 0 radical (unpaired) electrons. The number of aryl methyl sites for hydroxylation is 1. The lowest BCUT2D eigenvalue weighted by atomic mass is 10.2. The fraction of sp³-hybridized carbons (Fsp3) is 0.278. The van der Waals surface area contributed by atoms with Crippen molar-refractivity contribution in [3.63, 3.8) is 0 Å². The molecule has 0 unspecified atom stereocenters. The first kappa shape index (κ1) is 20.4. The Balaban J connectivity index is 2.20. The molecule has 0 amide bonds. The van der Waals surface area contributed by atoms with E-state index in [-0.39, 0.29) is 39.4 Å². The van der Waals surface area contributed by atoms with Gasteiger partial charge in [-0.2, -0.15) is 13.2 Å². The average molecular weight is 436 g/mol. The Bertz CT molecular complexity index is 1470. The van der Waals surface area contributed by atoms with Gasteiger partial charge in [-0.1, -0.05) is 0 Å². The number of rotatable bonds is 3. The minimum atomic E-state index is -4.85. The number of hydrogen-bond acceptors (Lipinski definition) is 7. The highest BCUT2D eigenvalue weighted by atomic mass is 19.4. The van der Waals surface area contributed by atoms with E-state index in [2.05, 4.69) is 15.0 Å². The van der Waals surface area contributed by atoms with Gasteiger partial charge in [0.1, 0.15) is 6.33 Å². The van der Waals surface area contributed by atoms with E-state index in [0.717, 1.165) is 20.0 Å². The van der Waals surface area contributed by atoms with E-state index >= 15 is 0 Å². The normalized spacial score (nSPS) is 12.0. The molecule has 0 fully saturated rings. The van der Waals surface area contributed by atoms with Crippen molar-refractivity contribution in [2.45, 2.75) is 6.18 Å². The van der Waals surface area contributed by atoms with Crippen LogP contribution in [-0.2, 0) is 20.3 Å².